The Bertz CT molecular complexity index is 1490. The van der Waals surface area contributed by atoms with E-state index in [2.05, 4.69) is 30.6 Å². The fourth-order valence-electron chi connectivity index (χ4n) is 3.92. The van der Waals surface area contributed by atoms with Crippen molar-refractivity contribution < 1.29 is 4.79 Å². The van der Waals surface area contributed by atoms with E-state index in [0.29, 0.717) is 40.7 Å². The molecule has 5 N–H and O–H groups in total. The highest BCUT2D eigenvalue weighted by Gasteiger charge is 2.14. The predicted octanol–water partition coefficient (Wildman–Crippen LogP) is 3.56. The average molecular weight is 461 g/mol. The molecule has 0 aliphatic carbocycles. The number of aromatic nitrogens is 5. The van der Waals surface area contributed by atoms with E-state index in [4.69, 9.17) is 17.3 Å². The van der Waals surface area contributed by atoms with Crippen LogP contribution in [0.25, 0.3) is 22.1 Å². The molecule has 0 aliphatic rings. The summed E-state index contributed by atoms with van der Waals surface area (Å²) in [6.07, 6.45) is 3.11. The minimum absolute atomic E-state index is 0.154. The first-order valence-corrected chi connectivity index (χ1v) is 10.7. The number of hydrogen-bond acceptors (Lipinski definition) is 6. The number of H-pyrrole nitrogens is 1. The summed E-state index contributed by atoms with van der Waals surface area (Å²) in [5, 5.41) is 7.58. The Morgan fingerprint density at radius 2 is 2.03 bits per heavy atom. The maximum absolute atomic E-state index is 12.7. The zero-order valence-corrected chi connectivity index (χ0v) is 18.5. The highest BCUT2D eigenvalue weighted by molar-refractivity contribution is 6.31. The Morgan fingerprint density at radius 1 is 1.18 bits per heavy atom. The summed E-state index contributed by atoms with van der Waals surface area (Å²) in [6.45, 7) is 0.840. The van der Waals surface area contributed by atoms with Crippen molar-refractivity contribution in [1.29, 1.82) is 0 Å². The second kappa shape index (κ2) is 8.44. The molecule has 3 heterocycles. The van der Waals surface area contributed by atoms with Gasteiger partial charge >= 0.3 is 0 Å². The van der Waals surface area contributed by atoms with Gasteiger partial charge in [0.25, 0.3) is 5.91 Å². The number of imidazole rings is 1. The van der Waals surface area contributed by atoms with Crippen molar-refractivity contribution in [2.24, 2.45) is 0 Å². The largest absolute Gasteiger partial charge is 0.387 e. The average Bonchev–Trinajstić information content (AvgIpc) is 3.42. The van der Waals surface area contributed by atoms with Crippen LogP contribution in [0.2, 0.25) is 5.02 Å². The number of anilines is 2. The lowest BCUT2D eigenvalue weighted by atomic mass is 10.1. The molecule has 9 nitrogen and oxygen atoms in total. The summed E-state index contributed by atoms with van der Waals surface area (Å²) in [5.74, 6) is 0.187. The molecule has 0 unspecified atom stereocenters. The van der Waals surface area contributed by atoms with Crippen LogP contribution >= 0.6 is 11.6 Å². The number of carbonyl (C=O) groups excluding carboxylic acids is 1. The number of carbonyl (C=O) groups is 1. The van der Waals surface area contributed by atoms with E-state index in [0.717, 1.165) is 27.8 Å². The number of benzene rings is 2. The standard InChI is InChI=1S/C23H21ClN8O/c1-26-18-5-3-2-4-17(18)23(33)27-9-16-8-13-6-15(24)7-14(19(13)31-16)10-32-12-30-20-21(25)28-11-29-22(20)32/h2-8,11-12,26,31H,9-10H2,1H3,(H,27,33)(H2,25,28,29). The van der Waals surface area contributed by atoms with Crippen molar-refractivity contribution in [1.82, 2.24) is 29.8 Å². The molecule has 5 rings (SSSR count). The van der Waals surface area contributed by atoms with Gasteiger partial charge in [0.15, 0.2) is 11.5 Å². The SMILES string of the molecule is CNc1ccccc1C(=O)NCc1cc2cc(Cl)cc(Cn3cnc4c(N)ncnc43)c2[nH]1. The topological polar surface area (TPSA) is 127 Å². The summed E-state index contributed by atoms with van der Waals surface area (Å²) in [6, 6.07) is 13.2. The van der Waals surface area contributed by atoms with E-state index in [-0.39, 0.29) is 5.91 Å². The van der Waals surface area contributed by atoms with Gasteiger partial charge in [-0.1, -0.05) is 23.7 Å². The first-order chi connectivity index (χ1) is 16.0. The van der Waals surface area contributed by atoms with E-state index in [9.17, 15) is 4.79 Å². The van der Waals surface area contributed by atoms with Crippen LogP contribution in [-0.2, 0) is 13.1 Å². The molecule has 0 aliphatic heterocycles. The molecular weight excluding hydrogens is 440 g/mol. The number of hydrogen-bond donors (Lipinski definition) is 4. The molecule has 1 amide bonds. The number of nitrogens with zero attached hydrogens (tertiary/aromatic N) is 4. The second-order valence-corrected chi connectivity index (χ2v) is 8.04. The molecule has 10 heteroatoms. The third kappa shape index (κ3) is 3.94. The zero-order valence-electron chi connectivity index (χ0n) is 17.8. The first-order valence-electron chi connectivity index (χ1n) is 10.3. The van der Waals surface area contributed by atoms with Gasteiger partial charge in [-0.25, -0.2) is 15.0 Å². The summed E-state index contributed by atoms with van der Waals surface area (Å²) in [4.78, 5) is 28.7. The van der Waals surface area contributed by atoms with Gasteiger partial charge in [0.05, 0.1) is 30.5 Å². The van der Waals surface area contributed by atoms with Crippen molar-refractivity contribution in [3.8, 4) is 0 Å². The second-order valence-electron chi connectivity index (χ2n) is 7.61. The van der Waals surface area contributed by atoms with Crippen molar-refractivity contribution in [3.05, 3.63) is 77.0 Å². The van der Waals surface area contributed by atoms with E-state index < -0.39 is 0 Å². The Hall–Kier alpha value is -4.11. The number of fused-ring (bicyclic) bond motifs is 2. The molecule has 166 valence electrons. The number of para-hydroxylation sites is 1. The molecule has 2 aromatic carbocycles. The van der Waals surface area contributed by atoms with Crippen LogP contribution in [-0.4, -0.2) is 37.5 Å². The zero-order chi connectivity index (χ0) is 22.9. The van der Waals surface area contributed by atoms with Crippen LogP contribution < -0.4 is 16.4 Å². The van der Waals surface area contributed by atoms with Crippen LogP contribution in [0.1, 0.15) is 21.6 Å². The number of halogens is 1. The predicted molar refractivity (Wildman–Crippen MR) is 129 cm³/mol. The summed E-state index contributed by atoms with van der Waals surface area (Å²) in [7, 11) is 1.79. The monoisotopic (exact) mass is 460 g/mol. The quantitative estimate of drug-likeness (QED) is 0.307. The van der Waals surface area contributed by atoms with E-state index in [1.165, 1.54) is 6.33 Å². The number of aromatic amines is 1. The molecule has 33 heavy (non-hydrogen) atoms. The number of nitrogens with one attached hydrogen (secondary N) is 3. The van der Waals surface area contributed by atoms with Gasteiger partial charge in [0, 0.05) is 28.8 Å². The highest BCUT2D eigenvalue weighted by Crippen LogP contribution is 2.27. The Labute approximate surface area is 194 Å². The van der Waals surface area contributed by atoms with Crippen molar-refractivity contribution in [2.75, 3.05) is 18.1 Å². The Kier molecular flexibility index (Phi) is 5.31. The Balaban J connectivity index is 1.42. The van der Waals surface area contributed by atoms with Gasteiger partial charge in [-0.2, -0.15) is 0 Å². The number of nitrogens with two attached hydrogens (primary N) is 1. The molecule has 0 fully saturated rings. The number of rotatable bonds is 6. The van der Waals surface area contributed by atoms with Crippen LogP contribution in [0, 0.1) is 0 Å². The van der Waals surface area contributed by atoms with Crippen molar-refractivity contribution >= 4 is 51.1 Å². The molecule has 0 spiro atoms. The third-order valence-electron chi connectivity index (χ3n) is 5.48. The molecule has 3 aromatic heterocycles. The third-order valence-corrected chi connectivity index (χ3v) is 5.70. The molecular formula is C23H21ClN8O. The molecule has 5 aromatic rings. The van der Waals surface area contributed by atoms with Gasteiger partial charge in [-0.3, -0.25) is 4.79 Å². The molecule has 0 saturated heterocycles. The van der Waals surface area contributed by atoms with E-state index in [1.54, 1.807) is 19.4 Å². The number of nitrogen functional groups attached to an aromatic ring is 1. The molecule has 0 radical (unpaired) electrons. The molecule has 0 atom stereocenters. The maximum atomic E-state index is 12.7. The maximum Gasteiger partial charge on any atom is 0.253 e. The van der Waals surface area contributed by atoms with Crippen LogP contribution in [0.4, 0.5) is 11.5 Å². The van der Waals surface area contributed by atoms with Crippen LogP contribution in [0.5, 0.6) is 0 Å². The lowest BCUT2D eigenvalue weighted by Crippen LogP contribution is -2.23. The van der Waals surface area contributed by atoms with Crippen LogP contribution in [0.3, 0.4) is 0 Å². The van der Waals surface area contributed by atoms with Crippen LogP contribution in [0.15, 0.2) is 55.1 Å². The van der Waals surface area contributed by atoms with Gasteiger partial charge in [-0.05, 0) is 35.9 Å². The van der Waals surface area contributed by atoms with Crippen molar-refractivity contribution in [3.63, 3.8) is 0 Å². The van der Waals surface area contributed by atoms with Gasteiger partial charge in [0.1, 0.15) is 11.8 Å². The minimum Gasteiger partial charge on any atom is -0.387 e. The first kappa shape index (κ1) is 20.8. The fraction of sp³-hybridized carbons (Fsp3) is 0.130. The molecule has 0 saturated carbocycles. The van der Waals surface area contributed by atoms with Crippen molar-refractivity contribution in [2.45, 2.75) is 13.1 Å². The normalized spacial score (nSPS) is 11.2. The van der Waals surface area contributed by atoms with E-state index >= 15 is 0 Å². The smallest absolute Gasteiger partial charge is 0.253 e. The Morgan fingerprint density at radius 3 is 2.88 bits per heavy atom. The number of amides is 1. The lowest BCUT2D eigenvalue weighted by molar-refractivity contribution is 0.0951. The van der Waals surface area contributed by atoms with Gasteiger partial charge in [0.2, 0.25) is 0 Å². The minimum atomic E-state index is -0.154. The summed E-state index contributed by atoms with van der Waals surface area (Å²) < 4.78 is 1.90. The van der Waals surface area contributed by atoms with E-state index in [1.807, 2.05) is 41.0 Å². The van der Waals surface area contributed by atoms with Gasteiger partial charge < -0.3 is 25.9 Å². The van der Waals surface area contributed by atoms with Gasteiger partial charge in [-0.15, -0.1) is 0 Å². The summed E-state index contributed by atoms with van der Waals surface area (Å²) in [5.41, 5.74) is 11.3. The fourth-order valence-corrected chi connectivity index (χ4v) is 4.17. The lowest BCUT2D eigenvalue weighted by Gasteiger charge is -2.09. The molecule has 0 bridgehead atoms. The highest BCUT2D eigenvalue weighted by atomic mass is 35.5. The summed E-state index contributed by atoms with van der Waals surface area (Å²) >= 11 is 6.40.